The number of aryl methyl sites for hydroxylation is 1. The molecule has 0 aromatic heterocycles. The van der Waals surface area contributed by atoms with Gasteiger partial charge in [0.1, 0.15) is 0 Å². The summed E-state index contributed by atoms with van der Waals surface area (Å²) in [7, 11) is 0. The number of carbonyl (C=O) groups excluding carboxylic acids is 1. The summed E-state index contributed by atoms with van der Waals surface area (Å²) in [5, 5.41) is 12.2. The van der Waals surface area contributed by atoms with Crippen LogP contribution in [0.5, 0.6) is 0 Å². The molecule has 0 aliphatic rings. The van der Waals surface area contributed by atoms with Crippen molar-refractivity contribution >= 4 is 5.91 Å². The predicted octanol–water partition coefficient (Wildman–Crippen LogP) is 2.83. The van der Waals surface area contributed by atoms with Crippen molar-refractivity contribution in [3.8, 4) is 0 Å². The van der Waals surface area contributed by atoms with Gasteiger partial charge in [0.15, 0.2) is 0 Å². The van der Waals surface area contributed by atoms with Crippen LogP contribution in [0.3, 0.4) is 0 Å². The third kappa shape index (κ3) is 4.06. The number of carbonyl (C=O) groups is 1. The van der Waals surface area contributed by atoms with Gasteiger partial charge in [0.25, 0.3) is 5.91 Å². The smallest absolute Gasteiger partial charge is 0.251 e. The lowest BCUT2D eigenvalue weighted by Crippen LogP contribution is -2.44. The zero-order valence-electron chi connectivity index (χ0n) is 12.6. The second kappa shape index (κ2) is 6.20. The number of amides is 1. The molecule has 1 atom stereocenters. The minimum absolute atomic E-state index is 0.0371. The number of hydrogen-bond donors (Lipinski definition) is 2. The molecular formula is C16H25NO2. The summed E-state index contributed by atoms with van der Waals surface area (Å²) in [6.07, 6.45) is 0.570. The highest BCUT2D eigenvalue weighted by molar-refractivity contribution is 5.96. The molecule has 0 radical (unpaired) electrons. The third-order valence-electron chi connectivity index (χ3n) is 3.62. The molecule has 1 rings (SSSR count). The zero-order valence-corrected chi connectivity index (χ0v) is 12.6. The predicted molar refractivity (Wildman–Crippen MR) is 78.3 cm³/mol. The SMILES string of the molecule is Cc1cccc(C(=O)NC(CCO)C(C)(C)C)c1C. The van der Waals surface area contributed by atoms with Crippen molar-refractivity contribution in [2.24, 2.45) is 5.41 Å². The van der Waals surface area contributed by atoms with Gasteiger partial charge in [-0.3, -0.25) is 4.79 Å². The summed E-state index contributed by atoms with van der Waals surface area (Å²) in [5.74, 6) is -0.0606. The molecule has 0 fully saturated rings. The minimum Gasteiger partial charge on any atom is -0.396 e. The molecule has 0 aliphatic carbocycles. The Morgan fingerprint density at radius 2 is 1.95 bits per heavy atom. The molecule has 1 aromatic carbocycles. The van der Waals surface area contributed by atoms with E-state index in [1.165, 1.54) is 0 Å². The number of rotatable bonds is 4. The Hall–Kier alpha value is -1.35. The Morgan fingerprint density at radius 3 is 2.47 bits per heavy atom. The lowest BCUT2D eigenvalue weighted by atomic mass is 9.84. The Kier molecular flexibility index (Phi) is 5.12. The van der Waals surface area contributed by atoms with Crippen molar-refractivity contribution in [1.82, 2.24) is 5.32 Å². The molecule has 1 unspecified atom stereocenters. The molecule has 0 saturated carbocycles. The Balaban J connectivity index is 2.91. The van der Waals surface area contributed by atoms with Crippen LogP contribution in [0.1, 0.15) is 48.7 Å². The monoisotopic (exact) mass is 263 g/mol. The molecule has 0 spiro atoms. The van der Waals surface area contributed by atoms with Crippen LogP contribution in [-0.4, -0.2) is 23.7 Å². The van der Waals surface area contributed by atoms with Crippen molar-refractivity contribution in [1.29, 1.82) is 0 Å². The van der Waals surface area contributed by atoms with Gasteiger partial charge in [0, 0.05) is 18.2 Å². The summed E-state index contributed by atoms with van der Waals surface area (Å²) in [5.41, 5.74) is 2.77. The van der Waals surface area contributed by atoms with Gasteiger partial charge in [-0.05, 0) is 42.9 Å². The standard InChI is InChI=1S/C16H25NO2/c1-11-7-6-8-13(12(11)2)15(19)17-14(9-10-18)16(3,4)5/h6-8,14,18H,9-10H2,1-5H3,(H,17,19). The normalized spacial score (nSPS) is 13.2. The Bertz CT molecular complexity index is 447. The molecule has 1 aromatic rings. The number of aliphatic hydroxyl groups is 1. The van der Waals surface area contributed by atoms with Crippen LogP contribution in [-0.2, 0) is 0 Å². The van der Waals surface area contributed by atoms with E-state index < -0.39 is 0 Å². The summed E-state index contributed by atoms with van der Waals surface area (Å²) in [6, 6.07) is 5.71. The zero-order chi connectivity index (χ0) is 14.6. The van der Waals surface area contributed by atoms with Gasteiger partial charge in [0.05, 0.1) is 0 Å². The van der Waals surface area contributed by atoms with Gasteiger partial charge in [-0.1, -0.05) is 32.9 Å². The van der Waals surface area contributed by atoms with Crippen LogP contribution in [0, 0.1) is 19.3 Å². The van der Waals surface area contributed by atoms with E-state index in [2.05, 4.69) is 26.1 Å². The molecular weight excluding hydrogens is 238 g/mol. The first kappa shape index (κ1) is 15.7. The van der Waals surface area contributed by atoms with Crippen LogP contribution in [0.15, 0.2) is 18.2 Å². The van der Waals surface area contributed by atoms with E-state index in [4.69, 9.17) is 5.11 Å². The fourth-order valence-corrected chi connectivity index (χ4v) is 2.08. The van der Waals surface area contributed by atoms with Crippen LogP contribution in [0.25, 0.3) is 0 Å². The molecule has 106 valence electrons. The second-order valence-corrected chi connectivity index (χ2v) is 6.15. The van der Waals surface area contributed by atoms with Gasteiger partial charge in [0.2, 0.25) is 0 Å². The highest BCUT2D eigenvalue weighted by Crippen LogP contribution is 2.22. The molecule has 2 N–H and O–H groups in total. The maximum atomic E-state index is 12.4. The fourth-order valence-electron chi connectivity index (χ4n) is 2.08. The second-order valence-electron chi connectivity index (χ2n) is 6.15. The van der Waals surface area contributed by atoms with Crippen LogP contribution in [0.2, 0.25) is 0 Å². The molecule has 1 amide bonds. The summed E-state index contributed by atoms with van der Waals surface area (Å²) >= 11 is 0. The van der Waals surface area contributed by atoms with Crippen LogP contribution >= 0.6 is 0 Å². The van der Waals surface area contributed by atoms with Gasteiger partial charge in [-0.15, -0.1) is 0 Å². The summed E-state index contributed by atoms with van der Waals surface area (Å²) in [4.78, 5) is 12.4. The van der Waals surface area contributed by atoms with Crippen molar-refractivity contribution in [2.75, 3.05) is 6.61 Å². The first-order valence-electron chi connectivity index (χ1n) is 6.75. The number of aliphatic hydroxyl groups excluding tert-OH is 1. The average Bonchev–Trinajstić information content (AvgIpc) is 2.30. The minimum atomic E-state index is -0.0733. The van der Waals surface area contributed by atoms with Crippen molar-refractivity contribution in [3.63, 3.8) is 0 Å². The number of nitrogens with one attached hydrogen (secondary N) is 1. The molecule has 3 nitrogen and oxygen atoms in total. The van der Waals surface area contributed by atoms with Crippen molar-refractivity contribution in [2.45, 2.75) is 47.1 Å². The van der Waals surface area contributed by atoms with Crippen LogP contribution in [0.4, 0.5) is 0 Å². The third-order valence-corrected chi connectivity index (χ3v) is 3.62. The van der Waals surface area contributed by atoms with E-state index in [-0.39, 0.29) is 24.0 Å². The molecule has 19 heavy (non-hydrogen) atoms. The molecule has 0 heterocycles. The first-order chi connectivity index (χ1) is 8.77. The van der Waals surface area contributed by atoms with Crippen molar-refractivity contribution < 1.29 is 9.90 Å². The average molecular weight is 263 g/mol. The Morgan fingerprint density at radius 1 is 1.32 bits per heavy atom. The maximum absolute atomic E-state index is 12.4. The van der Waals surface area contributed by atoms with Gasteiger partial charge in [-0.2, -0.15) is 0 Å². The molecule has 0 aliphatic heterocycles. The largest absolute Gasteiger partial charge is 0.396 e. The first-order valence-corrected chi connectivity index (χ1v) is 6.75. The van der Waals surface area contributed by atoms with Gasteiger partial charge >= 0.3 is 0 Å². The quantitative estimate of drug-likeness (QED) is 0.877. The Labute approximate surface area is 116 Å². The van der Waals surface area contributed by atoms with Crippen LogP contribution < -0.4 is 5.32 Å². The van der Waals surface area contributed by atoms with E-state index in [1.807, 2.05) is 32.0 Å². The van der Waals surface area contributed by atoms with Gasteiger partial charge in [-0.25, -0.2) is 0 Å². The topological polar surface area (TPSA) is 49.3 Å². The number of hydrogen-bond acceptors (Lipinski definition) is 2. The van der Waals surface area contributed by atoms with E-state index in [1.54, 1.807) is 0 Å². The van der Waals surface area contributed by atoms with E-state index in [0.717, 1.165) is 11.1 Å². The maximum Gasteiger partial charge on any atom is 0.251 e. The summed E-state index contributed by atoms with van der Waals surface area (Å²) in [6.45, 7) is 10.2. The number of benzene rings is 1. The fraction of sp³-hybridized carbons (Fsp3) is 0.562. The van der Waals surface area contributed by atoms with E-state index in [9.17, 15) is 4.79 Å². The molecule has 3 heteroatoms. The van der Waals surface area contributed by atoms with Gasteiger partial charge < -0.3 is 10.4 Å². The highest BCUT2D eigenvalue weighted by atomic mass is 16.3. The lowest BCUT2D eigenvalue weighted by molar-refractivity contribution is 0.0884. The van der Waals surface area contributed by atoms with E-state index >= 15 is 0 Å². The molecule has 0 saturated heterocycles. The highest BCUT2D eigenvalue weighted by Gasteiger charge is 2.26. The van der Waals surface area contributed by atoms with Crippen molar-refractivity contribution in [3.05, 3.63) is 34.9 Å². The lowest BCUT2D eigenvalue weighted by Gasteiger charge is -2.31. The van der Waals surface area contributed by atoms with E-state index in [0.29, 0.717) is 12.0 Å². The summed E-state index contributed by atoms with van der Waals surface area (Å²) < 4.78 is 0. The molecule has 0 bridgehead atoms.